The van der Waals surface area contributed by atoms with Gasteiger partial charge in [-0.25, -0.2) is 0 Å². The first-order chi connectivity index (χ1) is 7.15. The Labute approximate surface area is 91.7 Å². The first kappa shape index (κ1) is 11.8. The van der Waals surface area contributed by atoms with Crippen LogP contribution in [0.5, 0.6) is 0 Å². The van der Waals surface area contributed by atoms with Crippen molar-refractivity contribution in [2.45, 2.75) is 33.2 Å². The molecule has 2 nitrogen and oxygen atoms in total. The number of hydrogen-bond donors (Lipinski definition) is 1. The summed E-state index contributed by atoms with van der Waals surface area (Å²) >= 11 is 0. The predicted molar refractivity (Wildman–Crippen MR) is 62.8 cm³/mol. The SMILES string of the molecule is CCC(C)C(C)NC(=O)c1ccccc1. The van der Waals surface area contributed by atoms with E-state index >= 15 is 0 Å². The van der Waals surface area contributed by atoms with Crippen molar-refractivity contribution in [2.24, 2.45) is 5.92 Å². The summed E-state index contributed by atoms with van der Waals surface area (Å²) in [6.07, 6.45) is 1.08. The highest BCUT2D eigenvalue weighted by Crippen LogP contribution is 2.08. The third kappa shape index (κ3) is 3.39. The van der Waals surface area contributed by atoms with Gasteiger partial charge in [0.1, 0.15) is 0 Å². The molecule has 1 aromatic rings. The molecule has 2 heteroatoms. The Bertz CT molecular complexity index is 308. The molecule has 0 aliphatic rings. The van der Waals surface area contributed by atoms with Crippen molar-refractivity contribution in [2.75, 3.05) is 0 Å². The van der Waals surface area contributed by atoms with Crippen molar-refractivity contribution in [3.63, 3.8) is 0 Å². The quantitative estimate of drug-likeness (QED) is 0.804. The number of amides is 1. The second-order valence-corrected chi connectivity index (χ2v) is 4.01. The van der Waals surface area contributed by atoms with Crippen molar-refractivity contribution >= 4 is 5.91 Å². The molecule has 15 heavy (non-hydrogen) atoms. The fourth-order valence-electron chi connectivity index (χ4n) is 1.38. The molecule has 1 aromatic carbocycles. The summed E-state index contributed by atoms with van der Waals surface area (Å²) < 4.78 is 0. The Kier molecular flexibility index (Phi) is 4.35. The maximum atomic E-state index is 11.8. The summed E-state index contributed by atoms with van der Waals surface area (Å²) in [5.41, 5.74) is 0.729. The maximum absolute atomic E-state index is 11.8. The van der Waals surface area contributed by atoms with Crippen LogP contribution >= 0.6 is 0 Å². The smallest absolute Gasteiger partial charge is 0.251 e. The van der Waals surface area contributed by atoms with Crippen LogP contribution in [-0.4, -0.2) is 11.9 Å². The molecular weight excluding hydrogens is 186 g/mol. The van der Waals surface area contributed by atoms with Gasteiger partial charge in [0.2, 0.25) is 0 Å². The molecule has 0 heterocycles. The van der Waals surface area contributed by atoms with E-state index in [2.05, 4.69) is 26.1 Å². The Balaban J connectivity index is 2.57. The van der Waals surface area contributed by atoms with E-state index in [4.69, 9.17) is 0 Å². The standard InChI is InChI=1S/C13H19NO/c1-4-10(2)11(3)14-13(15)12-8-6-5-7-9-12/h5-11H,4H2,1-3H3,(H,14,15). The largest absolute Gasteiger partial charge is 0.349 e. The Morgan fingerprint density at radius 1 is 1.27 bits per heavy atom. The lowest BCUT2D eigenvalue weighted by atomic mass is 10.0. The van der Waals surface area contributed by atoms with Gasteiger partial charge < -0.3 is 5.32 Å². The van der Waals surface area contributed by atoms with E-state index in [-0.39, 0.29) is 11.9 Å². The molecule has 2 unspecified atom stereocenters. The molecule has 1 rings (SSSR count). The molecule has 0 saturated heterocycles. The Morgan fingerprint density at radius 3 is 2.40 bits per heavy atom. The number of carbonyl (C=O) groups excluding carboxylic acids is 1. The van der Waals surface area contributed by atoms with Gasteiger partial charge in [-0.1, -0.05) is 38.5 Å². The molecule has 1 amide bonds. The highest BCUT2D eigenvalue weighted by molar-refractivity contribution is 5.94. The number of carbonyl (C=O) groups is 1. The molecule has 1 N–H and O–H groups in total. The van der Waals surface area contributed by atoms with Gasteiger partial charge in [0.25, 0.3) is 5.91 Å². The summed E-state index contributed by atoms with van der Waals surface area (Å²) in [6, 6.07) is 9.56. The predicted octanol–water partition coefficient (Wildman–Crippen LogP) is 2.85. The van der Waals surface area contributed by atoms with Crippen LogP contribution in [0.4, 0.5) is 0 Å². The molecule has 0 bridgehead atoms. The van der Waals surface area contributed by atoms with Crippen LogP contribution in [-0.2, 0) is 0 Å². The zero-order chi connectivity index (χ0) is 11.3. The number of rotatable bonds is 4. The second-order valence-electron chi connectivity index (χ2n) is 4.01. The molecular formula is C13H19NO. The number of hydrogen-bond acceptors (Lipinski definition) is 1. The average molecular weight is 205 g/mol. The molecule has 0 saturated carbocycles. The Morgan fingerprint density at radius 2 is 1.87 bits per heavy atom. The highest BCUT2D eigenvalue weighted by Gasteiger charge is 2.13. The van der Waals surface area contributed by atoms with Gasteiger partial charge >= 0.3 is 0 Å². The van der Waals surface area contributed by atoms with Gasteiger partial charge in [-0.2, -0.15) is 0 Å². The van der Waals surface area contributed by atoms with Crippen LogP contribution in [0.25, 0.3) is 0 Å². The van der Waals surface area contributed by atoms with E-state index in [0.717, 1.165) is 12.0 Å². The Hall–Kier alpha value is -1.31. The summed E-state index contributed by atoms with van der Waals surface area (Å²) in [5, 5.41) is 3.01. The molecule has 82 valence electrons. The molecule has 0 spiro atoms. The molecule has 0 aromatic heterocycles. The van der Waals surface area contributed by atoms with Gasteiger partial charge in [0.05, 0.1) is 0 Å². The number of nitrogens with one attached hydrogen (secondary N) is 1. The van der Waals surface area contributed by atoms with E-state index in [0.29, 0.717) is 5.92 Å². The van der Waals surface area contributed by atoms with E-state index < -0.39 is 0 Å². The van der Waals surface area contributed by atoms with E-state index in [9.17, 15) is 4.79 Å². The van der Waals surface area contributed by atoms with Crippen molar-refractivity contribution in [3.05, 3.63) is 35.9 Å². The molecule has 0 aliphatic carbocycles. The third-order valence-electron chi connectivity index (χ3n) is 2.89. The summed E-state index contributed by atoms with van der Waals surface area (Å²) in [7, 11) is 0. The van der Waals surface area contributed by atoms with E-state index in [1.54, 1.807) is 0 Å². The first-order valence-electron chi connectivity index (χ1n) is 5.51. The van der Waals surface area contributed by atoms with Crippen LogP contribution in [0.3, 0.4) is 0 Å². The van der Waals surface area contributed by atoms with Crippen LogP contribution in [0.1, 0.15) is 37.6 Å². The summed E-state index contributed by atoms with van der Waals surface area (Å²) in [5.74, 6) is 0.529. The summed E-state index contributed by atoms with van der Waals surface area (Å²) in [6.45, 7) is 6.33. The van der Waals surface area contributed by atoms with Gasteiger partial charge in [0, 0.05) is 11.6 Å². The topological polar surface area (TPSA) is 29.1 Å². The van der Waals surface area contributed by atoms with Gasteiger partial charge in [-0.15, -0.1) is 0 Å². The van der Waals surface area contributed by atoms with Gasteiger partial charge in [-0.3, -0.25) is 4.79 Å². The van der Waals surface area contributed by atoms with Crippen LogP contribution in [0, 0.1) is 5.92 Å². The van der Waals surface area contributed by atoms with Crippen molar-refractivity contribution in [3.8, 4) is 0 Å². The van der Waals surface area contributed by atoms with E-state index in [1.807, 2.05) is 30.3 Å². The molecule has 0 aliphatic heterocycles. The van der Waals surface area contributed by atoms with Crippen LogP contribution < -0.4 is 5.32 Å². The monoisotopic (exact) mass is 205 g/mol. The summed E-state index contributed by atoms with van der Waals surface area (Å²) in [4.78, 5) is 11.8. The lowest BCUT2D eigenvalue weighted by Crippen LogP contribution is -2.36. The highest BCUT2D eigenvalue weighted by atomic mass is 16.1. The molecule has 0 radical (unpaired) electrons. The first-order valence-corrected chi connectivity index (χ1v) is 5.51. The van der Waals surface area contributed by atoms with Crippen LogP contribution in [0.2, 0.25) is 0 Å². The zero-order valence-corrected chi connectivity index (χ0v) is 9.66. The van der Waals surface area contributed by atoms with Crippen molar-refractivity contribution < 1.29 is 4.79 Å². The van der Waals surface area contributed by atoms with Crippen molar-refractivity contribution in [1.82, 2.24) is 5.32 Å². The lowest BCUT2D eigenvalue weighted by molar-refractivity contribution is 0.0928. The minimum absolute atomic E-state index is 0.0170. The maximum Gasteiger partial charge on any atom is 0.251 e. The minimum Gasteiger partial charge on any atom is -0.349 e. The fourth-order valence-corrected chi connectivity index (χ4v) is 1.38. The number of benzene rings is 1. The third-order valence-corrected chi connectivity index (χ3v) is 2.89. The molecule has 0 fully saturated rings. The van der Waals surface area contributed by atoms with Gasteiger partial charge in [-0.05, 0) is 25.0 Å². The zero-order valence-electron chi connectivity index (χ0n) is 9.66. The lowest BCUT2D eigenvalue weighted by Gasteiger charge is -2.19. The minimum atomic E-state index is 0.0170. The fraction of sp³-hybridized carbons (Fsp3) is 0.462. The average Bonchev–Trinajstić information content (AvgIpc) is 2.29. The van der Waals surface area contributed by atoms with E-state index in [1.165, 1.54) is 0 Å². The normalized spacial score (nSPS) is 14.3. The van der Waals surface area contributed by atoms with Crippen LogP contribution in [0.15, 0.2) is 30.3 Å². The van der Waals surface area contributed by atoms with Gasteiger partial charge in [0.15, 0.2) is 0 Å². The van der Waals surface area contributed by atoms with Crippen molar-refractivity contribution in [1.29, 1.82) is 0 Å². The second kappa shape index (κ2) is 5.54. The molecule has 2 atom stereocenters.